The third kappa shape index (κ3) is 2.79. The predicted octanol–water partition coefficient (Wildman–Crippen LogP) is 2.87. The van der Waals surface area contributed by atoms with Crippen molar-refractivity contribution in [1.29, 1.82) is 0 Å². The first-order chi connectivity index (χ1) is 11.6. The van der Waals surface area contributed by atoms with E-state index in [2.05, 4.69) is 5.32 Å². The van der Waals surface area contributed by atoms with Crippen molar-refractivity contribution in [3.05, 3.63) is 35.6 Å². The van der Waals surface area contributed by atoms with Crippen LogP contribution in [0.1, 0.15) is 41.8 Å². The first-order valence-corrected chi connectivity index (χ1v) is 8.71. The zero-order valence-corrected chi connectivity index (χ0v) is 13.9. The van der Waals surface area contributed by atoms with Gasteiger partial charge in [-0.25, -0.2) is 0 Å². The zero-order valence-electron chi connectivity index (χ0n) is 13.9. The van der Waals surface area contributed by atoms with Crippen molar-refractivity contribution >= 4 is 22.8 Å². The van der Waals surface area contributed by atoms with Gasteiger partial charge in [0.15, 0.2) is 5.76 Å². The summed E-state index contributed by atoms with van der Waals surface area (Å²) in [7, 11) is 0. The van der Waals surface area contributed by atoms with E-state index in [0.717, 1.165) is 42.2 Å². The van der Waals surface area contributed by atoms with Crippen LogP contribution < -0.4 is 5.32 Å². The Hall–Kier alpha value is -2.30. The highest BCUT2D eigenvalue weighted by Crippen LogP contribution is 2.28. The van der Waals surface area contributed by atoms with E-state index in [0.29, 0.717) is 24.9 Å². The second-order valence-electron chi connectivity index (χ2n) is 6.93. The molecule has 2 fully saturated rings. The van der Waals surface area contributed by atoms with Gasteiger partial charge in [-0.15, -0.1) is 0 Å². The number of benzene rings is 1. The van der Waals surface area contributed by atoms with E-state index >= 15 is 0 Å². The van der Waals surface area contributed by atoms with Gasteiger partial charge in [0.2, 0.25) is 5.91 Å². The minimum Gasteiger partial charge on any atom is -0.451 e. The summed E-state index contributed by atoms with van der Waals surface area (Å²) < 4.78 is 5.79. The highest BCUT2D eigenvalue weighted by Gasteiger charge is 2.33. The van der Waals surface area contributed by atoms with Crippen LogP contribution in [-0.4, -0.2) is 35.8 Å². The van der Waals surface area contributed by atoms with Crippen molar-refractivity contribution < 1.29 is 14.0 Å². The summed E-state index contributed by atoms with van der Waals surface area (Å²) in [6.07, 6.45) is 3.87. The number of rotatable bonds is 3. The Balaban J connectivity index is 1.52. The first-order valence-electron chi connectivity index (χ1n) is 8.71. The van der Waals surface area contributed by atoms with Crippen LogP contribution in [0.25, 0.3) is 11.0 Å². The second-order valence-corrected chi connectivity index (χ2v) is 6.93. The summed E-state index contributed by atoms with van der Waals surface area (Å²) in [4.78, 5) is 27.0. The lowest BCUT2D eigenvalue weighted by Gasteiger charge is -2.31. The molecular formula is C19H22N2O3. The molecule has 5 nitrogen and oxygen atoms in total. The van der Waals surface area contributed by atoms with Gasteiger partial charge in [-0.2, -0.15) is 0 Å². The fraction of sp³-hybridized carbons (Fsp3) is 0.474. The van der Waals surface area contributed by atoms with Crippen LogP contribution >= 0.6 is 0 Å². The van der Waals surface area contributed by atoms with E-state index < -0.39 is 0 Å². The third-order valence-corrected chi connectivity index (χ3v) is 5.04. The number of carbonyl (C=O) groups excluding carboxylic acids is 2. The van der Waals surface area contributed by atoms with Gasteiger partial charge in [-0.1, -0.05) is 18.2 Å². The van der Waals surface area contributed by atoms with Crippen molar-refractivity contribution in [3.8, 4) is 0 Å². The maximum Gasteiger partial charge on any atom is 0.289 e. The van der Waals surface area contributed by atoms with Gasteiger partial charge in [-0.3, -0.25) is 9.59 Å². The fourth-order valence-corrected chi connectivity index (χ4v) is 3.44. The topological polar surface area (TPSA) is 62.6 Å². The molecule has 1 aliphatic heterocycles. The molecule has 1 N–H and O–H groups in total. The first kappa shape index (κ1) is 15.2. The van der Waals surface area contributed by atoms with Gasteiger partial charge in [0.1, 0.15) is 5.58 Å². The maximum absolute atomic E-state index is 12.9. The number of carbonyl (C=O) groups is 2. The molecule has 2 heterocycles. The van der Waals surface area contributed by atoms with Gasteiger partial charge in [0, 0.05) is 30.1 Å². The van der Waals surface area contributed by atoms with E-state index in [1.165, 1.54) is 0 Å². The number of hydrogen-bond donors (Lipinski definition) is 1. The molecule has 0 unspecified atom stereocenters. The molecule has 1 aliphatic carbocycles. The number of piperidine rings is 1. The Morgan fingerprint density at radius 1 is 1.21 bits per heavy atom. The van der Waals surface area contributed by atoms with Crippen LogP contribution in [0.5, 0.6) is 0 Å². The molecule has 1 atom stereocenters. The molecule has 5 heteroatoms. The third-order valence-electron chi connectivity index (χ3n) is 5.04. The van der Waals surface area contributed by atoms with E-state index in [-0.39, 0.29) is 17.7 Å². The Morgan fingerprint density at radius 2 is 2.00 bits per heavy atom. The van der Waals surface area contributed by atoms with E-state index in [4.69, 9.17) is 4.42 Å². The van der Waals surface area contributed by atoms with Gasteiger partial charge >= 0.3 is 0 Å². The molecule has 126 valence electrons. The van der Waals surface area contributed by atoms with Crippen LogP contribution in [-0.2, 0) is 4.79 Å². The standard InChI is InChI=1S/C19H22N2O3/c1-12-15-6-2-3-7-16(15)24-17(12)19(23)21-10-4-5-13(11-21)18(22)20-14-8-9-14/h2-3,6-7,13-14H,4-5,8-11H2,1H3,(H,20,22)/t13-/m0/s1. The molecule has 1 saturated heterocycles. The van der Waals surface area contributed by atoms with E-state index in [1.807, 2.05) is 31.2 Å². The smallest absolute Gasteiger partial charge is 0.289 e. The number of aryl methyl sites for hydroxylation is 1. The van der Waals surface area contributed by atoms with Gasteiger partial charge in [0.05, 0.1) is 5.92 Å². The molecule has 24 heavy (non-hydrogen) atoms. The number of para-hydroxylation sites is 1. The summed E-state index contributed by atoms with van der Waals surface area (Å²) in [6, 6.07) is 8.05. The number of hydrogen-bond acceptors (Lipinski definition) is 3. The molecule has 1 aromatic carbocycles. The SMILES string of the molecule is Cc1c(C(=O)N2CCC[C@H](C(=O)NC3CC3)C2)oc2ccccc12. The lowest BCUT2D eigenvalue weighted by atomic mass is 9.96. The molecule has 2 aromatic rings. The highest BCUT2D eigenvalue weighted by molar-refractivity contribution is 5.99. The van der Waals surface area contributed by atoms with Crippen LogP contribution in [0.2, 0.25) is 0 Å². The Labute approximate surface area is 141 Å². The predicted molar refractivity (Wildman–Crippen MR) is 90.7 cm³/mol. The number of fused-ring (bicyclic) bond motifs is 1. The lowest BCUT2D eigenvalue weighted by molar-refractivity contribution is -0.126. The van der Waals surface area contributed by atoms with Crippen molar-refractivity contribution in [3.63, 3.8) is 0 Å². The normalized spacial score (nSPS) is 21.0. The van der Waals surface area contributed by atoms with Crippen LogP contribution in [0, 0.1) is 12.8 Å². The quantitative estimate of drug-likeness (QED) is 0.943. The molecule has 1 saturated carbocycles. The number of furan rings is 1. The lowest BCUT2D eigenvalue weighted by Crippen LogP contribution is -2.45. The molecule has 4 rings (SSSR count). The van der Waals surface area contributed by atoms with Gasteiger partial charge in [-0.05, 0) is 38.7 Å². The van der Waals surface area contributed by atoms with Crippen molar-refractivity contribution in [1.82, 2.24) is 10.2 Å². The minimum absolute atomic E-state index is 0.0938. The summed E-state index contributed by atoms with van der Waals surface area (Å²) in [5.74, 6) is 0.288. The number of nitrogens with one attached hydrogen (secondary N) is 1. The monoisotopic (exact) mass is 326 g/mol. The van der Waals surface area contributed by atoms with Crippen LogP contribution in [0.4, 0.5) is 0 Å². The fourth-order valence-electron chi connectivity index (χ4n) is 3.44. The van der Waals surface area contributed by atoms with Gasteiger partial charge in [0.25, 0.3) is 5.91 Å². The van der Waals surface area contributed by atoms with Crippen molar-refractivity contribution in [2.24, 2.45) is 5.92 Å². The molecule has 0 spiro atoms. The Bertz CT molecular complexity index is 791. The Kier molecular flexibility index (Phi) is 3.79. The molecular weight excluding hydrogens is 304 g/mol. The molecule has 2 amide bonds. The average molecular weight is 326 g/mol. The largest absolute Gasteiger partial charge is 0.451 e. The van der Waals surface area contributed by atoms with Crippen molar-refractivity contribution in [2.45, 2.75) is 38.6 Å². The molecule has 1 aromatic heterocycles. The minimum atomic E-state index is -0.104. The Morgan fingerprint density at radius 3 is 2.75 bits per heavy atom. The van der Waals surface area contributed by atoms with E-state index in [1.54, 1.807) is 4.90 Å². The van der Waals surface area contributed by atoms with Crippen LogP contribution in [0.3, 0.4) is 0 Å². The van der Waals surface area contributed by atoms with E-state index in [9.17, 15) is 9.59 Å². The number of likely N-dealkylation sites (tertiary alicyclic amines) is 1. The molecule has 0 bridgehead atoms. The average Bonchev–Trinajstić information content (AvgIpc) is 3.36. The molecule has 0 radical (unpaired) electrons. The molecule has 2 aliphatic rings. The summed E-state index contributed by atoms with van der Waals surface area (Å²) >= 11 is 0. The van der Waals surface area contributed by atoms with Gasteiger partial charge < -0.3 is 14.6 Å². The maximum atomic E-state index is 12.9. The number of nitrogens with zero attached hydrogens (tertiary/aromatic N) is 1. The second kappa shape index (κ2) is 5.96. The summed E-state index contributed by atoms with van der Waals surface area (Å²) in [5, 5.41) is 4.03. The summed E-state index contributed by atoms with van der Waals surface area (Å²) in [5.41, 5.74) is 1.61. The summed E-state index contributed by atoms with van der Waals surface area (Å²) in [6.45, 7) is 3.08. The van der Waals surface area contributed by atoms with Crippen LogP contribution in [0.15, 0.2) is 28.7 Å². The van der Waals surface area contributed by atoms with Crippen molar-refractivity contribution in [2.75, 3.05) is 13.1 Å². The number of amides is 2. The highest BCUT2D eigenvalue weighted by atomic mass is 16.3. The zero-order chi connectivity index (χ0) is 16.7.